The van der Waals surface area contributed by atoms with E-state index in [4.69, 9.17) is 11.6 Å². The first-order valence-electron chi connectivity index (χ1n) is 6.27. The van der Waals surface area contributed by atoms with E-state index < -0.39 is 18.0 Å². The molecule has 21 heavy (non-hydrogen) atoms. The standard InChI is InChI=1S/C13H10ClF2N3OS/c14-7-3-4-9(8(5-7)6-1-2-6)17-13(20)11-10(12(15)16)18-19-21-11/h3-6,12H,1-2H2,(H,17,20). The number of nitrogens with zero attached hydrogens (tertiary/aromatic N) is 2. The first-order valence-corrected chi connectivity index (χ1v) is 7.42. The number of hydrogen-bond acceptors (Lipinski definition) is 4. The molecule has 4 nitrogen and oxygen atoms in total. The maximum absolute atomic E-state index is 12.7. The van der Waals surface area contributed by atoms with Crippen LogP contribution in [0.4, 0.5) is 14.5 Å². The summed E-state index contributed by atoms with van der Waals surface area (Å²) in [4.78, 5) is 12.0. The fraction of sp³-hybridized carbons (Fsp3) is 0.308. The van der Waals surface area contributed by atoms with E-state index >= 15 is 0 Å². The molecule has 0 radical (unpaired) electrons. The zero-order valence-electron chi connectivity index (χ0n) is 10.6. The largest absolute Gasteiger partial charge is 0.321 e. The Balaban J connectivity index is 1.86. The summed E-state index contributed by atoms with van der Waals surface area (Å²) in [6, 6.07) is 5.14. The van der Waals surface area contributed by atoms with Gasteiger partial charge in [-0.2, -0.15) is 0 Å². The van der Waals surface area contributed by atoms with E-state index in [0.717, 1.165) is 18.4 Å². The molecule has 0 saturated heterocycles. The third kappa shape index (κ3) is 3.03. The molecule has 1 aliphatic rings. The van der Waals surface area contributed by atoms with Gasteiger partial charge in [-0.1, -0.05) is 16.1 Å². The van der Waals surface area contributed by atoms with Crippen LogP contribution in [-0.4, -0.2) is 15.5 Å². The lowest BCUT2D eigenvalue weighted by molar-refractivity contribution is 0.101. The van der Waals surface area contributed by atoms with Crippen molar-refractivity contribution in [2.75, 3.05) is 5.32 Å². The normalized spacial score (nSPS) is 14.5. The smallest absolute Gasteiger partial charge is 0.283 e. The van der Waals surface area contributed by atoms with Crippen LogP contribution in [0.2, 0.25) is 5.02 Å². The number of amides is 1. The molecular weight excluding hydrogens is 320 g/mol. The number of carbonyl (C=O) groups excluding carboxylic acids is 1. The zero-order chi connectivity index (χ0) is 15.0. The second-order valence-electron chi connectivity index (χ2n) is 4.75. The van der Waals surface area contributed by atoms with Crippen LogP contribution >= 0.6 is 23.1 Å². The molecule has 1 aliphatic carbocycles. The summed E-state index contributed by atoms with van der Waals surface area (Å²) in [5.41, 5.74) is 0.951. The molecule has 1 fully saturated rings. The van der Waals surface area contributed by atoms with Crippen LogP contribution in [0.1, 0.15) is 46.1 Å². The van der Waals surface area contributed by atoms with Gasteiger partial charge in [0.2, 0.25) is 0 Å². The van der Waals surface area contributed by atoms with E-state index in [9.17, 15) is 13.6 Å². The van der Waals surface area contributed by atoms with Gasteiger partial charge in [-0.05, 0) is 54.1 Å². The van der Waals surface area contributed by atoms with Crippen LogP contribution in [-0.2, 0) is 0 Å². The quantitative estimate of drug-likeness (QED) is 0.911. The number of rotatable bonds is 4. The Morgan fingerprint density at radius 3 is 2.86 bits per heavy atom. The van der Waals surface area contributed by atoms with Crippen LogP contribution in [0.25, 0.3) is 0 Å². The van der Waals surface area contributed by atoms with Gasteiger partial charge in [0.05, 0.1) is 0 Å². The third-order valence-corrected chi connectivity index (χ3v) is 4.18. The Kier molecular flexibility index (Phi) is 3.86. The molecule has 8 heteroatoms. The molecule has 1 aromatic carbocycles. The van der Waals surface area contributed by atoms with Gasteiger partial charge in [0.1, 0.15) is 4.88 Å². The molecule has 2 aromatic rings. The van der Waals surface area contributed by atoms with Crippen molar-refractivity contribution in [2.24, 2.45) is 0 Å². The highest BCUT2D eigenvalue weighted by Gasteiger charge is 2.28. The predicted molar refractivity (Wildman–Crippen MR) is 76.2 cm³/mol. The first kappa shape index (κ1) is 14.3. The highest BCUT2D eigenvalue weighted by atomic mass is 35.5. The second-order valence-corrected chi connectivity index (χ2v) is 5.94. The highest BCUT2D eigenvalue weighted by molar-refractivity contribution is 7.08. The summed E-state index contributed by atoms with van der Waals surface area (Å²) in [5, 5.41) is 6.54. The molecule has 1 N–H and O–H groups in total. The summed E-state index contributed by atoms with van der Waals surface area (Å²) in [6.07, 6.45) is -0.751. The minimum Gasteiger partial charge on any atom is -0.321 e. The van der Waals surface area contributed by atoms with Gasteiger partial charge < -0.3 is 5.32 Å². The number of aromatic nitrogens is 2. The number of halogens is 3. The van der Waals surface area contributed by atoms with E-state index in [1.54, 1.807) is 18.2 Å². The van der Waals surface area contributed by atoms with Crippen molar-refractivity contribution in [2.45, 2.75) is 25.2 Å². The molecule has 1 saturated carbocycles. The van der Waals surface area contributed by atoms with Crippen molar-refractivity contribution in [1.82, 2.24) is 9.59 Å². The van der Waals surface area contributed by atoms with Gasteiger partial charge in [-0.15, -0.1) is 5.10 Å². The van der Waals surface area contributed by atoms with Crippen LogP contribution in [0.3, 0.4) is 0 Å². The van der Waals surface area contributed by atoms with E-state index in [2.05, 4.69) is 14.9 Å². The van der Waals surface area contributed by atoms with E-state index in [-0.39, 0.29) is 4.88 Å². The lowest BCUT2D eigenvalue weighted by atomic mass is 10.1. The van der Waals surface area contributed by atoms with Gasteiger partial charge >= 0.3 is 0 Å². The van der Waals surface area contributed by atoms with Crippen LogP contribution in [0.5, 0.6) is 0 Å². The van der Waals surface area contributed by atoms with Crippen molar-refractivity contribution in [1.29, 1.82) is 0 Å². The van der Waals surface area contributed by atoms with Crippen molar-refractivity contribution < 1.29 is 13.6 Å². The van der Waals surface area contributed by atoms with E-state index in [1.165, 1.54) is 0 Å². The molecule has 1 amide bonds. The molecule has 110 valence electrons. The van der Waals surface area contributed by atoms with Crippen LogP contribution in [0, 0.1) is 0 Å². The second kappa shape index (κ2) is 5.65. The Hall–Kier alpha value is -1.60. The van der Waals surface area contributed by atoms with Gasteiger partial charge in [-0.25, -0.2) is 8.78 Å². The van der Waals surface area contributed by atoms with Crippen LogP contribution < -0.4 is 5.32 Å². The average Bonchev–Trinajstić information content (AvgIpc) is 3.16. The Morgan fingerprint density at radius 1 is 1.43 bits per heavy atom. The van der Waals surface area contributed by atoms with Crippen molar-refractivity contribution in [3.63, 3.8) is 0 Å². The predicted octanol–water partition coefficient (Wildman–Crippen LogP) is 4.26. The monoisotopic (exact) mass is 329 g/mol. The molecule has 0 spiro atoms. The van der Waals surface area contributed by atoms with Crippen molar-refractivity contribution >= 4 is 34.7 Å². The maximum Gasteiger partial charge on any atom is 0.283 e. The number of benzene rings is 1. The topological polar surface area (TPSA) is 54.9 Å². The minimum absolute atomic E-state index is 0.165. The number of alkyl halides is 2. The fourth-order valence-electron chi connectivity index (χ4n) is 2.06. The summed E-state index contributed by atoms with van der Waals surface area (Å²) in [6.45, 7) is 0. The SMILES string of the molecule is O=C(Nc1ccc(Cl)cc1C1CC1)c1snnc1C(F)F. The molecule has 3 rings (SSSR count). The first-order chi connectivity index (χ1) is 10.1. The number of nitrogens with one attached hydrogen (secondary N) is 1. The van der Waals surface area contributed by atoms with E-state index in [1.807, 2.05) is 0 Å². The Labute approximate surface area is 128 Å². The van der Waals surface area contributed by atoms with Gasteiger partial charge in [0.15, 0.2) is 5.69 Å². The van der Waals surface area contributed by atoms with Crippen LogP contribution in [0.15, 0.2) is 18.2 Å². The molecular formula is C13H10ClF2N3OS. The fourth-order valence-corrected chi connectivity index (χ4v) is 2.80. The third-order valence-electron chi connectivity index (χ3n) is 3.21. The molecule has 0 bridgehead atoms. The summed E-state index contributed by atoms with van der Waals surface area (Å²) >= 11 is 6.62. The molecule has 0 aliphatic heterocycles. The van der Waals surface area contributed by atoms with Crippen molar-refractivity contribution in [3.8, 4) is 0 Å². The zero-order valence-corrected chi connectivity index (χ0v) is 12.2. The van der Waals surface area contributed by atoms with E-state index in [0.29, 0.717) is 28.2 Å². The highest BCUT2D eigenvalue weighted by Crippen LogP contribution is 2.44. The molecule has 0 atom stereocenters. The Morgan fingerprint density at radius 2 is 2.19 bits per heavy atom. The van der Waals surface area contributed by atoms with Crippen molar-refractivity contribution in [3.05, 3.63) is 39.4 Å². The molecule has 0 unspecified atom stereocenters. The number of anilines is 1. The minimum atomic E-state index is -2.82. The lowest BCUT2D eigenvalue weighted by Gasteiger charge is -2.10. The maximum atomic E-state index is 12.7. The van der Waals surface area contributed by atoms with Gasteiger partial charge in [0.25, 0.3) is 12.3 Å². The summed E-state index contributed by atoms with van der Waals surface area (Å²) < 4.78 is 28.9. The summed E-state index contributed by atoms with van der Waals surface area (Å²) in [5.74, 6) is -0.252. The Bertz CT molecular complexity index is 688. The number of carbonyl (C=O) groups is 1. The molecule has 1 heterocycles. The molecule has 1 aromatic heterocycles. The lowest BCUT2D eigenvalue weighted by Crippen LogP contribution is -2.14. The number of hydrogen-bond donors (Lipinski definition) is 1. The van der Waals surface area contributed by atoms with Gasteiger partial charge in [0, 0.05) is 10.7 Å². The summed E-state index contributed by atoms with van der Waals surface area (Å²) in [7, 11) is 0. The average molecular weight is 330 g/mol. The van der Waals surface area contributed by atoms with Gasteiger partial charge in [-0.3, -0.25) is 4.79 Å².